The zero-order valence-electron chi connectivity index (χ0n) is 10.6. The second-order valence-corrected chi connectivity index (χ2v) is 4.52. The molecule has 0 aliphatic carbocycles. The summed E-state index contributed by atoms with van der Waals surface area (Å²) in [6.45, 7) is 7.31. The molecule has 3 heteroatoms. The lowest BCUT2D eigenvalue weighted by Crippen LogP contribution is -2.02. The Morgan fingerprint density at radius 3 is 2.41 bits per heavy atom. The summed E-state index contributed by atoms with van der Waals surface area (Å²) in [6, 6.07) is 8.61. The normalized spacial score (nSPS) is 11.1. The van der Waals surface area contributed by atoms with Gasteiger partial charge < -0.3 is 10.3 Å². The summed E-state index contributed by atoms with van der Waals surface area (Å²) in [5.74, 6) is 1.14. The lowest BCUT2D eigenvalue weighted by Gasteiger charge is -2.09. The van der Waals surface area contributed by atoms with Crippen molar-refractivity contribution < 1.29 is 0 Å². The maximum atomic E-state index is 5.82. The third kappa shape index (κ3) is 2.18. The molecule has 0 unspecified atom stereocenters. The lowest BCUT2D eigenvalue weighted by atomic mass is 10.0. The highest BCUT2D eigenvalue weighted by Crippen LogP contribution is 2.24. The van der Waals surface area contributed by atoms with Crippen molar-refractivity contribution in [3.63, 3.8) is 0 Å². The number of anilines is 1. The molecule has 0 aliphatic heterocycles. The fourth-order valence-corrected chi connectivity index (χ4v) is 1.99. The molecular formula is C14H19N3. The fraction of sp³-hybridized carbons (Fsp3) is 0.357. The van der Waals surface area contributed by atoms with E-state index in [4.69, 9.17) is 5.73 Å². The SMILES string of the molecule is CCn1c(-c2ccc(C(C)C)cc2)cnc1N. The number of aromatic nitrogens is 2. The highest BCUT2D eigenvalue weighted by Gasteiger charge is 2.08. The van der Waals surface area contributed by atoms with Crippen LogP contribution in [0.25, 0.3) is 11.3 Å². The van der Waals surface area contributed by atoms with Crippen molar-refractivity contribution in [1.82, 2.24) is 9.55 Å². The van der Waals surface area contributed by atoms with Gasteiger partial charge >= 0.3 is 0 Å². The third-order valence-electron chi connectivity index (χ3n) is 3.08. The van der Waals surface area contributed by atoms with E-state index in [9.17, 15) is 0 Å². The van der Waals surface area contributed by atoms with Crippen molar-refractivity contribution in [2.24, 2.45) is 0 Å². The minimum atomic E-state index is 0.560. The standard InChI is InChI=1S/C14H19N3/c1-4-17-13(9-16-14(17)15)12-7-5-11(6-8-12)10(2)3/h5-10H,4H2,1-3H3,(H2,15,16). The van der Waals surface area contributed by atoms with E-state index in [2.05, 4.69) is 50.0 Å². The minimum absolute atomic E-state index is 0.560. The average Bonchev–Trinajstić information content (AvgIpc) is 2.70. The Balaban J connectivity index is 2.39. The molecule has 0 atom stereocenters. The Kier molecular flexibility index (Phi) is 3.18. The van der Waals surface area contributed by atoms with Crippen molar-refractivity contribution >= 4 is 5.95 Å². The molecule has 1 heterocycles. The zero-order valence-corrected chi connectivity index (χ0v) is 10.6. The fourth-order valence-electron chi connectivity index (χ4n) is 1.99. The number of nitrogen functional groups attached to an aromatic ring is 1. The molecule has 0 saturated heterocycles. The number of hydrogen-bond acceptors (Lipinski definition) is 2. The van der Waals surface area contributed by atoms with Gasteiger partial charge in [0.1, 0.15) is 0 Å². The van der Waals surface area contributed by atoms with Gasteiger partial charge in [0, 0.05) is 6.54 Å². The van der Waals surface area contributed by atoms with Crippen LogP contribution in [0.4, 0.5) is 5.95 Å². The molecule has 0 fully saturated rings. The second-order valence-electron chi connectivity index (χ2n) is 4.52. The molecule has 17 heavy (non-hydrogen) atoms. The number of hydrogen-bond donors (Lipinski definition) is 1. The van der Waals surface area contributed by atoms with E-state index in [1.807, 2.05) is 10.8 Å². The molecular weight excluding hydrogens is 210 g/mol. The first-order chi connectivity index (χ1) is 8.13. The Labute approximate surface area is 102 Å². The van der Waals surface area contributed by atoms with E-state index in [1.165, 1.54) is 11.1 Å². The van der Waals surface area contributed by atoms with Crippen LogP contribution in [-0.2, 0) is 6.54 Å². The summed E-state index contributed by atoms with van der Waals surface area (Å²) in [5, 5.41) is 0. The van der Waals surface area contributed by atoms with Gasteiger partial charge in [-0.2, -0.15) is 0 Å². The van der Waals surface area contributed by atoms with E-state index in [0.717, 1.165) is 12.2 Å². The number of imidazole rings is 1. The smallest absolute Gasteiger partial charge is 0.200 e. The van der Waals surface area contributed by atoms with Gasteiger partial charge in [0.05, 0.1) is 11.9 Å². The number of nitrogens with zero attached hydrogens (tertiary/aromatic N) is 2. The maximum absolute atomic E-state index is 5.82. The molecule has 2 rings (SSSR count). The van der Waals surface area contributed by atoms with Crippen LogP contribution in [-0.4, -0.2) is 9.55 Å². The van der Waals surface area contributed by atoms with Gasteiger partial charge in [0.25, 0.3) is 0 Å². The summed E-state index contributed by atoms with van der Waals surface area (Å²) >= 11 is 0. The van der Waals surface area contributed by atoms with Gasteiger partial charge in [-0.25, -0.2) is 4.98 Å². The second kappa shape index (κ2) is 4.62. The molecule has 90 valence electrons. The quantitative estimate of drug-likeness (QED) is 0.877. The van der Waals surface area contributed by atoms with Crippen molar-refractivity contribution in [2.45, 2.75) is 33.2 Å². The largest absolute Gasteiger partial charge is 0.369 e. The molecule has 0 bridgehead atoms. The Hall–Kier alpha value is -1.77. The van der Waals surface area contributed by atoms with Crippen LogP contribution in [0, 0.1) is 0 Å². The molecule has 3 nitrogen and oxygen atoms in total. The van der Waals surface area contributed by atoms with Gasteiger partial charge in [0.15, 0.2) is 0 Å². The van der Waals surface area contributed by atoms with Gasteiger partial charge in [0.2, 0.25) is 5.95 Å². The predicted molar refractivity (Wildman–Crippen MR) is 71.8 cm³/mol. The van der Waals surface area contributed by atoms with Crippen LogP contribution in [0.2, 0.25) is 0 Å². The Morgan fingerprint density at radius 2 is 1.88 bits per heavy atom. The monoisotopic (exact) mass is 229 g/mol. The molecule has 1 aromatic heterocycles. The first-order valence-corrected chi connectivity index (χ1v) is 6.04. The Morgan fingerprint density at radius 1 is 1.24 bits per heavy atom. The van der Waals surface area contributed by atoms with E-state index >= 15 is 0 Å². The van der Waals surface area contributed by atoms with E-state index in [-0.39, 0.29) is 0 Å². The summed E-state index contributed by atoms with van der Waals surface area (Å²) < 4.78 is 2.02. The van der Waals surface area contributed by atoms with Gasteiger partial charge in [-0.05, 0) is 24.0 Å². The predicted octanol–water partition coefficient (Wildman–Crippen LogP) is 3.28. The first kappa shape index (κ1) is 11.7. The van der Waals surface area contributed by atoms with Gasteiger partial charge in [-0.1, -0.05) is 38.1 Å². The molecule has 2 N–H and O–H groups in total. The van der Waals surface area contributed by atoms with Crippen molar-refractivity contribution in [3.05, 3.63) is 36.0 Å². The molecule has 0 aliphatic rings. The molecule has 0 saturated carbocycles. The van der Waals surface area contributed by atoms with Crippen LogP contribution >= 0.6 is 0 Å². The topological polar surface area (TPSA) is 43.8 Å². The minimum Gasteiger partial charge on any atom is -0.369 e. The van der Waals surface area contributed by atoms with Crippen LogP contribution in [0.1, 0.15) is 32.3 Å². The number of rotatable bonds is 3. The maximum Gasteiger partial charge on any atom is 0.200 e. The van der Waals surface area contributed by atoms with Crippen LogP contribution in [0.15, 0.2) is 30.5 Å². The van der Waals surface area contributed by atoms with Crippen LogP contribution in [0.3, 0.4) is 0 Å². The summed E-state index contributed by atoms with van der Waals surface area (Å²) in [6.07, 6.45) is 1.84. The molecule has 2 aromatic rings. The molecule has 0 spiro atoms. The lowest BCUT2D eigenvalue weighted by molar-refractivity contribution is 0.781. The molecule has 0 amide bonds. The first-order valence-electron chi connectivity index (χ1n) is 6.04. The van der Waals surface area contributed by atoms with Gasteiger partial charge in [-0.3, -0.25) is 0 Å². The number of nitrogens with two attached hydrogens (primary N) is 1. The summed E-state index contributed by atoms with van der Waals surface area (Å²) in [4.78, 5) is 4.16. The average molecular weight is 229 g/mol. The van der Waals surface area contributed by atoms with E-state index < -0.39 is 0 Å². The number of benzene rings is 1. The highest BCUT2D eigenvalue weighted by molar-refractivity contribution is 5.61. The van der Waals surface area contributed by atoms with E-state index in [1.54, 1.807) is 0 Å². The van der Waals surface area contributed by atoms with Crippen molar-refractivity contribution in [1.29, 1.82) is 0 Å². The van der Waals surface area contributed by atoms with Crippen molar-refractivity contribution in [2.75, 3.05) is 5.73 Å². The zero-order chi connectivity index (χ0) is 12.4. The Bertz CT molecular complexity index is 495. The van der Waals surface area contributed by atoms with Crippen LogP contribution < -0.4 is 5.73 Å². The summed E-state index contributed by atoms with van der Waals surface area (Å²) in [5.41, 5.74) is 9.42. The van der Waals surface area contributed by atoms with Gasteiger partial charge in [-0.15, -0.1) is 0 Å². The summed E-state index contributed by atoms with van der Waals surface area (Å²) in [7, 11) is 0. The molecule has 0 radical (unpaired) electrons. The van der Waals surface area contributed by atoms with Crippen molar-refractivity contribution in [3.8, 4) is 11.3 Å². The molecule has 1 aromatic carbocycles. The third-order valence-corrected chi connectivity index (χ3v) is 3.08. The highest BCUT2D eigenvalue weighted by atomic mass is 15.1. The van der Waals surface area contributed by atoms with E-state index in [0.29, 0.717) is 11.9 Å². The van der Waals surface area contributed by atoms with Crippen LogP contribution in [0.5, 0.6) is 0 Å².